The monoisotopic (exact) mass is 267 g/mol. The summed E-state index contributed by atoms with van der Waals surface area (Å²) in [4.78, 5) is 7.92. The molecule has 0 spiro atoms. The van der Waals surface area contributed by atoms with Crippen molar-refractivity contribution in [3.05, 3.63) is 22.4 Å². The lowest BCUT2D eigenvalue weighted by Crippen LogP contribution is -2.21. The van der Waals surface area contributed by atoms with Gasteiger partial charge in [-0.2, -0.15) is 0 Å². The van der Waals surface area contributed by atoms with E-state index in [9.17, 15) is 0 Å². The highest BCUT2D eigenvalue weighted by Gasteiger charge is 2.08. The van der Waals surface area contributed by atoms with Crippen molar-refractivity contribution in [3.63, 3.8) is 0 Å². The second-order valence-electron chi connectivity index (χ2n) is 3.85. The Morgan fingerprint density at radius 1 is 1.24 bits per heavy atom. The molecule has 0 aromatic carbocycles. The number of hydrogen-bond donors (Lipinski definition) is 1. The molecule has 3 nitrogen and oxygen atoms in total. The second kappa shape index (κ2) is 5.62. The number of anilines is 1. The first-order valence-corrected chi connectivity index (χ1v) is 7.50. The van der Waals surface area contributed by atoms with Gasteiger partial charge in [-0.15, -0.1) is 22.7 Å². The molecule has 0 amide bonds. The van der Waals surface area contributed by atoms with Gasteiger partial charge >= 0.3 is 0 Å². The highest BCUT2D eigenvalue weighted by atomic mass is 32.1. The van der Waals surface area contributed by atoms with Gasteiger partial charge in [-0.25, -0.2) is 4.98 Å². The van der Waals surface area contributed by atoms with Crippen molar-refractivity contribution in [1.82, 2.24) is 9.88 Å². The van der Waals surface area contributed by atoms with Crippen LogP contribution in [-0.4, -0.2) is 23.0 Å². The van der Waals surface area contributed by atoms with E-state index < -0.39 is 0 Å². The van der Waals surface area contributed by atoms with E-state index in [1.54, 1.807) is 11.3 Å². The first kappa shape index (κ1) is 12.5. The summed E-state index contributed by atoms with van der Waals surface area (Å²) in [5.74, 6) is 0. The molecule has 0 fully saturated rings. The molecule has 0 saturated carbocycles. The third-order valence-electron chi connectivity index (χ3n) is 2.73. The average molecular weight is 267 g/mol. The van der Waals surface area contributed by atoms with E-state index in [2.05, 4.69) is 35.2 Å². The van der Waals surface area contributed by atoms with Crippen LogP contribution < -0.4 is 5.73 Å². The van der Waals surface area contributed by atoms with Crippen molar-refractivity contribution in [2.75, 3.05) is 18.8 Å². The molecule has 2 heterocycles. The van der Waals surface area contributed by atoms with Crippen molar-refractivity contribution in [1.29, 1.82) is 0 Å². The summed E-state index contributed by atoms with van der Waals surface area (Å²) in [7, 11) is 0. The van der Waals surface area contributed by atoms with Crippen LogP contribution in [0.1, 0.15) is 19.4 Å². The number of nitrogens with zero attached hydrogens (tertiary/aromatic N) is 2. The quantitative estimate of drug-likeness (QED) is 0.904. The Morgan fingerprint density at radius 2 is 2.00 bits per heavy atom. The fourth-order valence-corrected chi connectivity index (χ4v) is 3.20. The van der Waals surface area contributed by atoms with Crippen LogP contribution in [0, 0.1) is 0 Å². The second-order valence-corrected chi connectivity index (χ2v) is 5.65. The van der Waals surface area contributed by atoms with Crippen molar-refractivity contribution in [3.8, 4) is 10.6 Å². The topological polar surface area (TPSA) is 42.1 Å². The molecule has 17 heavy (non-hydrogen) atoms. The van der Waals surface area contributed by atoms with Crippen LogP contribution in [0.3, 0.4) is 0 Å². The third kappa shape index (κ3) is 3.06. The molecule has 92 valence electrons. The molecule has 5 heteroatoms. The van der Waals surface area contributed by atoms with Gasteiger partial charge in [0.05, 0.1) is 10.6 Å². The van der Waals surface area contributed by atoms with Crippen LogP contribution in [0.5, 0.6) is 0 Å². The molecule has 2 aromatic rings. The lowest BCUT2D eigenvalue weighted by molar-refractivity contribution is 0.296. The maximum atomic E-state index is 5.65. The third-order valence-corrected chi connectivity index (χ3v) is 4.40. The van der Waals surface area contributed by atoms with E-state index in [4.69, 9.17) is 5.73 Å². The fraction of sp³-hybridized carbons (Fsp3) is 0.417. The molecular formula is C12H17N3S2. The van der Waals surface area contributed by atoms with Crippen LogP contribution >= 0.6 is 22.7 Å². The van der Waals surface area contributed by atoms with Gasteiger partial charge in [-0.1, -0.05) is 13.8 Å². The maximum Gasteiger partial charge on any atom is 0.180 e. The van der Waals surface area contributed by atoms with Gasteiger partial charge in [-0.05, 0) is 30.1 Å². The van der Waals surface area contributed by atoms with E-state index in [1.165, 1.54) is 21.8 Å². The van der Waals surface area contributed by atoms with Crippen molar-refractivity contribution in [2.24, 2.45) is 0 Å². The zero-order valence-electron chi connectivity index (χ0n) is 10.1. The molecule has 0 aliphatic heterocycles. The summed E-state index contributed by atoms with van der Waals surface area (Å²) >= 11 is 3.24. The van der Waals surface area contributed by atoms with Gasteiger partial charge in [0.15, 0.2) is 5.13 Å². The minimum Gasteiger partial charge on any atom is -0.375 e. The minimum absolute atomic E-state index is 0.638. The van der Waals surface area contributed by atoms with Gasteiger partial charge in [0.25, 0.3) is 0 Å². The van der Waals surface area contributed by atoms with E-state index in [0.717, 1.165) is 25.3 Å². The normalized spacial score (nSPS) is 11.2. The first-order valence-electron chi connectivity index (χ1n) is 5.74. The van der Waals surface area contributed by atoms with Gasteiger partial charge < -0.3 is 5.73 Å². The maximum absolute atomic E-state index is 5.65. The summed E-state index contributed by atoms with van der Waals surface area (Å²) in [6.07, 6.45) is 0. The largest absolute Gasteiger partial charge is 0.375 e. The summed E-state index contributed by atoms with van der Waals surface area (Å²) in [5, 5.41) is 4.87. The Morgan fingerprint density at radius 3 is 2.59 bits per heavy atom. The van der Waals surface area contributed by atoms with E-state index in [0.29, 0.717) is 5.13 Å². The Labute approximate surface area is 110 Å². The number of nitrogen functional groups attached to an aromatic ring is 1. The predicted octanol–water partition coefficient (Wildman–Crippen LogP) is 3.30. The minimum atomic E-state index is 0.638. The van der Waals surface area contributed by atoms with Gasteiger partial charge in [-0.3, -0.25) is 4.90 Å². The fourth-order valence-electron chi connectivity index (χ4n) is 1.70. The van der Waals surface area contributed by atoms with Gasteiger partial charge in [0.1, 0.15) is 0 Å². The Kier molecular flexibility index (Phi) is 4.15. The molecular weight excluding hydrogens is 250 g/mol. The number of thiophene rings is 1. The molecule has 0 saturated heterocycles. The van der Waals surface area contributed by atoms with Crippen LogP contribution in [-0.2, 0) is 6.54 Å². The lowest BCUT2D eigenvalue weighted by atomic mass is 10.2. The smallest absolute Gasteiger partial charge is 0.180 e. The highest BCUT2D eigenvalue weighted by molar-refractivity contribution is 7.15. The summed E-state index contributed by atoms with van der Waals surface area (Å²) < 4.78 is 0. The molecule has 0 unspecified atom stereocenters. The van der Waals surface area contributed by atoms with Crippen molar-refractivity contribution < 1.29 is 0 Å². The Hall–Kier alpha value is -0.910. The zero-order chi connectivity index (χ0) is 12.3. The number of aromatic nitrogens is 1. The zero-order valence-corrected chi connectivity index (χ0v) is 11.8. The molecule has 0 aliphatic rings. The number of hydrogen-bond acceptors (Lipinski definition) is 5. The molecule has 0 bridgehead atoms. The van der Waals surface area contributed by atoms with E-state index in [1.807, 2.05) is 5.38 Å². The molecule has 2 N–H and O–H groups in total. The molecule has 2 rings (SSSR count). The first-order chi connectivity index (χ1) is 8.22. The summed E-state index contributed by atoms with van der Waals surface area (Å²) in [6, 6.07) is 2.22. The van der Waals surface area contributed by atoms with Crippen LogP contribution in [0.2, 0.25) is 0 Å². The van der Waals surface area contributed by atoms with E-state index in [-0.39, 0.29) is 0 Å². The standard InChI is InChI=1S/C12H17N3S2/c1-3-15(4-2)6-9-5-11(16-7-9)10-8-17-12(13)14-10/h5,7-8H,3-4,6H2,1-2H3,(H2,13,14). The van der Waals surface area contributed by atoms with Gasteiger partial charge in [0.2, 0.25) is 0 Å². The van der Waals surface area contributed by atoms with Crippen molar-refractivity contribution >= 4 is 27.8 Å². The van der Waals surface area contributed by atoms with Crippen LogP contribution in [0.15, 0.2) is 16.8 Å². The summed E-state index contributed by atoms with van der Waals surface area (Å²) in [6.45, 7) is 7.58. The number of thiazole rings is 1. The number of rotatable bonds is 5. The summed E-state index contributed by atoms with van der Waals surface area (Å²) in [5.41, 5.74) is 8.01. The Balaban J connectivity index is 2.10. The highest BCUT2D eigenvalue weighted by Crippen LogP contribution is 2.29. The molecule has 0 aliphatic carbocycles. The van der Waals surface area contributed by atoms with Crippen molar-refractivity contribution in [2.45, 2.75) is 20.4 Å². The Bertz CT molecular complexity index is 472. The molecule has 0 atom stereocenters. The SMILES string of the molecule is CCN(CC)Cc1csc(-c2csc(N)n2)c1. The number of nitrogens with two attached hydrogens (primary N) is 1. The average Bonchev–Trinajstić information content (AvgIpc) is 2.94. The van der Waals surface area contributed by atoms with E-state index >= 15 is 0 Å². The van der Waals surface area contributed by atoms with Crippen LogP contribution in [0.4, 0.5) is 5.13 Å². The molecule has 2 aromatic heterocycles. The van der Waals surface area contributed by atoms with Gasteiger partial charge in [0, 0.05) is 11.9 Å². The molecule has 0 radical (unpaired) electrons. The van der Waals surface area contributed by atoms with Crippen LogP contribution in [0.25, 0.3) is 10.6 Å². The lowest BCUT2D eigenvalue weighted by Gasteiger charge is -2.16. The predicted molar refractivity (Wildman–Crippen MR) is 76.5 cm³/mol.